The highest BCUT2D eigenvalue weighted by molar-refractivity contribution is 5.87. The lowest BCUT2D eigenvalue weighted by atomic mass is 9.79. The number of hydrogen-bond acceptors (Lipinski definition) is 6. The van der Waals surface area contributed by atoms with Gasteiger partial charge in [0.05, 0.1) is 5.69 Å². The van der Waals surface area contributed by atoms with Crippen LogP contribution in [0, 0.1) is 24.3 Å². The number of aromatic nitrogens is 2. The van der Waals surface area contributed by atoms with Gasteiger partial charge in [-0.1, -0.05) is 49.2 Å². The van der Waals surface area contributed by atoms with Crippen LogP contribution in [0.4, 0.5) is 0 Å². The van der Waals surface area contributed by atoms with E-state index < -0.39 is 0 Å². The Bertz CT molecular complexity index is 1680. The van der Waals surface area contributed by atoms with Crippen LogP contribution in [-0.4, -0.2) is 50.5 Å². The number of fused-ring (bicyclic) bond motifs is 6. The average Bonchev–Trinajstić information content (AvgIpc) is 3.36. The van der Waals surface area contributed by atoms with Gasteiger partial charge in [-0.3, -0.25) is 19.8 Å². The number of nitrogens with one attached hydrogen (secondary N) is 1. The van der Waals surface area contributed by atoms with Crippen molar-refractivity contribution in [2.75, 3.05) is 6.54 Å². The van der Waals surface area contributed by atoms with Gasteiger partial charge in [0.15, 0.2) is 0 Å². The predicted molar refractivity (Wildman–Crippen MR) is 181 cm³/mol. The molecule has 2 aromatic carbocycles. The minimum Gasteiger partial charge on any atom is -0.297 e. The van der Waals surface area contributed by atoms with Crippen LogP contribution in [0.5, 0.6) is 0 Å². The van der Waals surface area contributed by atoms with Gasteiger partial charge in [-0.25, -0.2) is 5.53 Å². The highest BCUT2D eigenvalue weighted by Crippen LogP contribution is 2.51. The van der Waals surface area contributed by atoms with E-state index in [1.807, 2.05) is 6.20 Å². The van der Waals surface area contributed by atoms with Crippen molar-refractivity contribution >= 4 is 21.5 Å². The summed E-state index contributed by atoms with van der Waals surface area (Å²) in [5.41, 5.74) is 12.3. The van der Waals surface area contributed by atoms with Crippen LogP contribution >= 0.6 is 0 Å². The molecule has 6 atom stereocenters. The summed E-state index contributed by atoms with van der Waals surface area (Å²) in [5.74, 6) is 1.70. The first-order valence-electron chi connectivity index (χ1n) is 17.7. The van der Waals surface area contributed by atoms with Crippen molar-refractivity contribution < 1.29 is 0 Å². The number of rotatable bonds is 10. The van der Waals surface area contributed by atoms with Crippen LogP contribution in [0.2, 0.25) is 0 Å². The minimum atomic E-state index is 0.361. The molecule has 0 radical (unpaired) electrons. The third-order valence-corrected chi connectivity index (χ3v) is 12.2. The molecule has 4 aliphatic rings. The Labute approximate surface area is 268 Å². The van der Waals surface area contributed by atoms with Crippen LogP contribution in [0.15, 0.2) is 66.0 Å². The molecule has 4 bridgehead atoms. The lowest BCUT2D eigenvalue weighted by Gasteiger charge is -2.39. The molecule has 1 N–H and O–H groups in total. The van der Waals surface area contributed by atoms with Crippen molar-refractivity contribution in [1.29, 1.82) is 5.53 Å². The molecule has 0 saturated carbocycles. The summed E-state index contributed by atoms with van der Waals surface area (Å²) in [5, 5.41) is 8.72. The average molecular weight is 601 g/mol. The molecule has 4 saturated heterocycles. The zero-order valence-electron chi connectivity index (χ0n) is 26.9. The first-order valence-corrected chi connectivity index (χ1v) is 17.7. The van der Waals surface area contributed by atoms with Crippen LogP contribution < -0.4 is 0 Å². The molecule has 234 valence electrons. The molecule has 4 aliphatic heterocycles. The van der Waals surface area contributed by atoms with Crippen LogP contribution in [0.3, 0.4) is 0 Å². The SMILES string of the molecule is Cc1nccc2ccc(CCCCN3C4CCCC3C(C3CC5CCCC3N5Cc3cnc(CN=N)c5ccccc35)C4)cc12. The molecule has 0 amide bonds. The molecular formula is C39H48N6. The summed E-state index contributed by atoms with van der Waals surface area (Å²) in [6.45, 7) is 4.77. The third-order valence-electron chi connectivity index (χ3n) is 12.2. The monoisotopic (exact) mass is 600 g/mol. The van der Waals surface area contributed by atoms with Crippen LogP contribution in [0.1, 0.15) is 86.7 Å². The van der Waals surface area contributed by atoms with Crippen molar-refractivity contribution in [3.05, 3.63) is 83.4 Å². The van der Waals surface area contributed by atoms with Gasteiger partial charge in [-0.15, -0.1) is 0 Å². The summed E-state index contributed by atoms with van der Waals surface area (Å²) in [4.78, 5) is 15.2. The molecule has 0 spiro atoms. The fraction of sp³-hybridized carbons (Fsp3) is 0.538. The van der Waals surface area contributed by atoms with Gasteiger partial charge in [0.1, 0.15) is 6.54 Å². The minimum absolute atomic E-state index is 0.361. The summed E-state index contributed by atoms with van der Waals surface area (Å²) < 4.78 is 0. The summed E-state index contributed by atoms with van der Waals surface area (Å²) in [7, 11) is 0. The predicted octanol–water partition coefficient (Wildman–Crippen LogP) is 8.63. The maximum atomic E-state index is 7.39. The van der Waals surface area contributed by atoms with E-state index in [0.29, 0.717) is 18.6 Å². The lowest BCUT2D eigenvalue weighted by Crippen LogP contribution is -2.45. The molecule has 6 unspecified atom stereocenters. The number of unbranched alkanes of at least 4 members (excludes halogenated alkanes) is 1. The van der Waals surface area contributed by atoms with E-state index in [2.05, 4.69) is 81.5 Å². The Kier molecular flexibility index (Phi) is 8.13. The third kappa shape index (κ3) is 5.48. The van der Waals surface area contributed by atoms with Gasteiger partial charge in [0.2, 0.25) is 0 Å². The van der Waals surface area contributed by atoms with Crippen molar-refractivity contribution in [3.63, 3.8) is 0 Å². The second-order valence-electron chi connectivity index (χ2n) is 14.5. The van der Waals surface area contributed by atoms with Crippen molar-refractivity contribution in [1.82, 2.24) is 19.8 Å². The van der Waals surface area contributed by atoms with E-state index in [1.165, 1.54) is 110 Å². The second kappa shape index (κ2) is 12.5. The molecule has 0 aliphatic carbocycles. The summed E-state index contributed by atoms with van der Waals surface area (Å²) in [6, 6.07) is 20.8. The van der Waals surface area contributed by atoms with E-state index >= 15 is 0 Å². The Morgan fingerprint density at radius 2 is 1.58 bits per heavy atom. The van der Waals surface area contributed by atoms with E-state index in [0.717, 1.165) is 41.9 Å². The van der Waals surface area contributed by atoms with E-state index in [1.54, 1.807) is 0 Å². The smallest absolute Gasteiger partial charge is 0.102 e. The second-order valence-corrected chi connectivity index (χ2v) is 14.5. The van der Waals surface area contributed by atoms with E-state index in [9.17, 15) is 0 Å². The highest BCUT2D eigenvalue weighted by atomic mass is 15.3. The van der Waals surface area contributed by atoms with Crippen LogP contribution in [-0.2, 0) is 19.5 Å². The van der Waals surface area contributed by atoms with Gasteiger partial charge in [0, 0.05) is 59.6 Å². The van der Waals surface area contributed by atoms with Crippen molar-refractivity contribution in [3.8, 4) is 0 Å². The molecule has 6 heteroatoms. The molecule has 6 nitrogen and oxygen atoms in total. The topological polar surface area (TPSA) is 68.5 Å². The number of pyridine rings is 2. The Balaban J connectivity index is 0.939. The molecule has 8 rings (SSSR count). The summed E-state index contributed by atoms with van der Waals surface area (Å²) in [6.07, 6.45) is 18.9. The number of aryl methyl sites for hydroxylation is 2. The summed E-state index contributed by atoms with van der Waals surface area (Å²) >= 11 is 0. The van der Waals surface area contributed by atoms with Gasteiger partial charge < -0.3 is 0 Å². The number of hydrogen-bond donors (Lipinski definition) is 1. The fourth-order valence-electron chi connectivity index (χ4n) is 10.2. The van der Waals surface area contributed by atoms with E-state index in [4.69, 9.17) is 10.5 Å². The van der Waals surface area contributed by atoms with Crippen molar-refractivity contribution in [2.24, 2.45) is 17.0 Å². The van der Waals surface area contributed by atoms with Gasteiger partial charge >= 0.3 is 0 Å². The molecule has 45 heavy (non-hydrogen) atoms. The first-order chi connectivity index (χ1) is 22.2. The fourth-order valence-corrected chi connectivity index (χ4v) is 10.2. The zero-order chi connectivity index (χ0) is 30.3. The molecule has 2 aromatic heterocycles. The normalized spacial score (nSPS) is 28.3. The van der Waals surface area contributed by atoms with Crippen molar-refractivity contribution in [2.45, 2.75) is 115 Å². The van der Waals surface area contributed by atoms with Crippen LogP contribution in [0.25, 0.3) is 21.5 Å². The number of nitrogens with zero attached hydrogens (tertiary/aromatic N) is 5. The zero-order valence-corrected chi connectivity index (χ0v) is 26.9. The highest BCUT2D eigenvalue weighted by Gasteiger charge is 2.53. The van der Waals surface area contributed by atoms with E-state index in [-0.39, 0.29) is 0 Å². The van der Waals surface area contributed by atoms with Gasteiger partial charge in [0.25, 0.3) is 0 Å². The lowest BCUT2D eigenvalue weighted by molar-refractivity contribution is 0.0874. The molecule has 4 fully saturated rings. The first kappa shape index (κ1) is 29.2. The van der Waals surface area contributed by atoms with Gasteiger partial charge in [-0.2, -0.15) is 5.11 Å². The number of benzene rings is 2. The Hall–Kier alpha value is -3.22. The Morgan fingerprint density at radius 1 is 0.822 bits per heavy atom. The molecular weight excluding hydrogens is 552 g/mol. The standard InChI is InChI=1S/C39H48N6/c1-26-34-20-27(15-16-28(34)17-18-41-26)8-4-5-19-44-30-9-6-13-38(44)35(21-30)36-22-31-10-7-14-39(36)45(31)25-29-23-42-37(24-43-40)33-12-3-2-11-32(29)33/h2-3,11-12,15-18,20,23,30-31,35-36,38-40H,4-10,13-14,19,21-22,24-25H2,1H3. The Morgan fingerprint density at radius 3 is 2.38 bits per heavy atom. The molecule has 4 aromatic rings. The van der Waals surface area contributed by atoms with Gasteiger partial charge in [-0.05, 0) is 117 Å². The number of piperidine rings is 2. The quantitative estimate of drug-likeness (QED) is 0.146. The largest absolute Gasteiger partial charge is 0.297 e. The molecule has 6 heterocycles. The maximum absolute atomic E-state index is 7.39. The maximum Gasteiger partial charge on any atom is 0.102 e.